The first kappa shape index (κ1) is 13.8. The predicted molar refractivity (Wildman–Crippen MR) is 80.2 cm³/mol. The summed E-state index contributed by atoms with van der Waals surface area (Å²) in [4.78, 5) is 0. The molecule has 1 saturated carbocycles. The van der Waals surface area contributed by atoms with E-state index in [2.05, 4.69) is 11.4 Å². The second-order valence-corrected chi connectivity index (χ2v) is 5.61. The van der Waals surface area contributed by atoms with Crippen molar-refractivity contribution in [1.29, 1.82) is 5.26 Å². The molecule has 1 fully saturated rings. The molecule has 0 bridgehead atoms. The molecule has 2 aromatic carbocycles. The minimum Gasteiger partial charge on any atom is -0.310 e. The number of hydrogen-bond acceptors (Lipinski definition) is 2. The van der Waals surface area contributed by atoms with E-state index in [1.807, 2.05) is 36.4 Å². The Bertz CT molecular complexity index is 634. The number of nitrogens with zero attached hydrogens (tertiary/aromatic N) is 1. The van der Waals surface area contributed by atoms with Gasteiger partial charge in [0.2, 0.25) is 0 Å². The third kappa shape index (κ3) is 3.29. The molecule has 3 rings (SSSR count). The highest BCUT2D eigenvalue weighted by Gasteiger charge is 2.29. The lowest BCUT2D eigenvalue weighted by atomic mass is 9.76. The van der Waals surface area contributed by atoms with Gasteiger partial charge < -0.3 is 5.32 Å². The van der Waals surface area contributed by atoms with Crippen molar-refractivity contribution in [1.82, 2.24) is 5.32 Å². The van der Waals surface area contributed by atoms with Crippen LogP contribution in [0.3, 0.4) is 0 Å². The lowest BCUT2D eigenvalue weighted by molar-refractivity contribution is 0.289. The molecule has 0 aliphatic heterocycles. The molecule has 21 heavy (non-hydrogen) atoms. The van der Waals surface area contributed by atoms with Crippen LogP contribution in [-0.4, -0.2) is 6.04 Å². The van der Waals surface area contributed by atoms with Crippen molar-refractivity contribution >= 4 is 0 Å². The molecule has 0 amide bonds. The molecule has 0 atom stereocenters. The Hall–Kier alpha value is -2.18. The highest BCUT2D eigenvalue weighted by atomic mass is 19.1. The Kier molecular flexibility index (Phi) is 3.98. The van der Waals surface area contributed by atoms with Crippen molar-refractivity contribution in [2.24, 2.45) is 0 Å². The maximum atomic E-state index is 12.9. The van der Waals surface area contributed by atoms with Crippen molar-refractivity contribution in [2.75, 3.05) is 0 Å². The number of nitriles is 1. The van der Waals surface area contributed by atoms with Gasteiger partial charge >= 0.3 is 0 Å². The summed E-state index contributed by atoms with van der Waals surface area (Å²) in [7, 11) is 0. The first-order chi connectivity index (χ1) is 10.2. The quantitative estimate of drug-likeness (QED) is 0.926. The first-order valence-corrected chi connectivity index (χ1v) is 7.22. The smallest absolute Gasteiger partial charge is 0.123 e. The highest BCUT2D eigenvalue weighted by molar-refractivity contribution is 5.31. The predicted octanol–water partition coefficient (Wildman–Crippen LogP) is 3.73. The van der Waals surface area contributed by atoms with Crippen molar-refractivity contribution in [3.05, 3.63) is 71.0 Å². The third-order valence-corrected chi connectivity index (χ3v) is 4.16. The summed E-state index contributed by atoms with van der Waals surface area (Å²) in [6.07, 6.45) is 2.20. The Balaban J connectivity index is 1.46. The summed E-state index contributed by atoms with van der Waals surface area (Å²) in [6.45, 7) is 0.826. The van der Waals surface area contributed by atoms with Crippen LogP contribution in [0.4, 0.5) is 4.39 Å². The third-order valence-electron chi connectivity index (χ3n) is 4.16. The Morgan fingerprint density at radius 3 is 2.33 bits per heavy atom. The molecule has 0 unspecified atom stereocenters. The van der Waals surface area contributed by atoms with Crippen LogP contribution < -0.4 is 5.32 Å². The van der Waals surface area contributed by atoms with E-state index in [1.54, 1.807) is 0 Å². The average Bonchev–Trinajstić information content (AvgIpc) is 2.48. The van der Waals surface area contributed by atoms with Crippen LogP contribution in [-0.2, 0) is 6.54 Å². The molecule has 1 N–H and O–H groups in total. The van der Waals surface area contributed by atoms with E-state index >= 15 is 0 Å². The van der Waals surface area contributed by atoms with E-state index in [4.69, 9.17) is 5.26 Å². The van der Waals surface area contributed by atoms with Gasteiger partial charge in [-0.15, -0.1) is 0 Å². The van der Waals surface area contributed by atoms with E-state index in [0.29, 0.717) is 17.5 Å². The Morgan fingerprint density at radius 2 is 1.71 bits per heavy atom. The van der Waals surface area contributed by atoms with Gasteiger partial charge in [0.15, 0.2) is 0 Å². The van der Waals surface area contributed by atoms with Gasteiger partial charge in [-0.25, -0.2) is 4.39 Å². The van der Waals surface area contributed by atoms with Crippen molar-refractivity contribution in [3.8, 4) is 6.07 Å². The molecule has 1 aliphatic carbocycles. The van der Waals surface area contributed by atoms with Crippen molar-refractivity contribution in [2.45, 2.75) is 31.3 Å². The fraction of sp³-hybridized carbons (Fsp3) is 0.278. The van der Waals surface area contributed by atoms with Gasteiger partial charge in [0.05, 0.1) is 11.6 Å². The fourth-order valence-electron chi connectivity index (χ4n) is 2.75. The van der Waals surface area contributed by atoms with E-state index in [1.165, 1.54) is 23.3 Å². The molecule has 0 aromatic heterocycles. The standard InChI is InChI=1S/C18H17FN2/c19-17-7-5-15(6-8-17)16-9-18(10-16)21-12-14-3-1-13(11-20)2-4-14/h1-8,16,18,21H,9-10,12H2. The number of hydrogen-bond donors (Lipinski definition) is 1. The van der Waals surface area contributed by atoms with E-state index in [9.17, 15) is 4.39 Å². The Morgan fingerprint density at radius 1 is 1.05 bits per heavy atom. The van der Waals surface area contributed by atoms with Crippen LogP contribution in [0.15, 0.2) is 48.5 Å². The van der Waals surface area contributed by atoms with Gasteiger partial charge in [-0.2, -0.15) is 5.26 Å². The van der Waals surface area contributed by atoms with E-state index in [-0.39, 0.29) is 5.82 Å². The SMILES string of the molecule is N#Cc1ccc(CNC2CC(c3ccc(F)cc3)C2)cc1. The maximum absolute atomic E-state index is 12.9. The first-order valence-electron chi connectivity index (χ1n) is 7.22. The second kappa shape index (κ2) is 6.07. The van der Waals surface area contributed by atoms with Crippen LogP contribution in [0, 0.1) is 17.1 Å². The number of halogens is 1. The lowest BCUT2D eigenvalue weighted by Gasteiger charge is -2.36. The summed E-state index contributed by atoms with van der Waals surface area (Å²) in [6, 6.07) is 17.2. The normalized spacial score (nSPS) is 20.6. The van der Waals surface area contributed by atoms with Crippen LogP contribution in [0.25, 0.3) is 0 Å². The largest absolute Gasteiger partial charge is 0.310 e. The molecule has 106 valence electrons. The van der Waals surface area contributed by atoms with Gasteiger partial charge in [0.1, 0.15) is 5.82 Å². The topological polar surface area (TPSA) is 35.8 Å². The molecule has 2 nitrogen and oxygen atoms in total. The molecular weight excluding hydrogens is 263 g/mol. The van der Waals surface area contributed by atoms with E-state index in [0.717, 1.165) is 19.4 Å². The average molecular weight is 280 g/mol. The summed E-state index contributed by atoms with van der Waals surface area (Å²) in [5, 5.41) is 12.3. The summed E-state index contributed by atoms with van der Waals surface area (Å²) in [5.74, 6) is 0.373. The molecule has 0 spiro atoms. The zero-order valence-corrected chi connectivity index (χ0v) is 11.7. The van der Waals surface area contributed by atoms with Crippen LogP contribution in [0.2, 0.25) is 0 Å². The van der Waals surface area contributed by atoms with Crippen LogP contribution >= 0.6 is 0 Å². The van der Waals surface area contributed by atoms with Crippen molar-refractivity contribution < 1.29 is 4.39 Å². The molecule has 0 saturated heterocycles. The Labute approximate surface area is 124 Å². The molecular formula is C18H17FN2. The molecule has 0 heterocycles. The zero-order chi connectivity index (χ0) is 14.7. The highest BCUT2D eigenvalue weighted by Crippen LogP contribution is 2.36. The molecule has 0 radical (unpaired) electrons. The maximum Gasteiger partial charge on any atom is 0.123 e. The van der Waals surface area contributed by atoms with Gasteiger partial charge in [-0.3, -0.25) is 0 Å². The van der Waals surface area contributed by atoms with Gasteiger partial charge in [-0.1, -0.05) is 24.3 Å². The lowest BCUT2D eigenvalue weighted by Crippen LogP contribution is -2.39. The molecule has 3 heteroatoms. The number of benzene rings is 2. The minimum atomic E-state index is -0.173. The molecule has 1 aliphatic rings. The fourth-order valence-corrected chi connectivity index (χ4v) is 2.75. The van der Waals surface area contributed by atoms with Gasteiger partial charge in [-0.05, 0) is 54.2 Å². The summed E-state index contributed by atoms with van der Waals surface area (Å²) >= 11 is 0. The van der Waals surface area contributed by atoms with Crippen LogP contribution in [0.1, 0.15) is 35.4 Å². The number of nitrogens with one attached hydrogen (secondary N) is 1. The van der Waals surface area contributed by atoms with E-state index < -0.39 is 0 Å². The van der Waals surface area contributed by atoms with Gasteiger partial charge in [0, 0.05) is 12.6 Å². The molecule has 2 aromatic rings. The second-order valence-electron chi connectivity index (χ2n) is 5.61. The minimum absolute atomic E-state index is 0.173. The van der Waals surface area contributed by atoms with Crippen molar-refractivity contribution in [3.63, 3.8) is 0 Å². The van der Waals surface area contributed by atoms with Gasteiger partial charge in [0.25, 0.3) is 0 Å². The summed E-state index contributed by atoms with van der Waals surface area (Å²) < 4.78 is 12.9. The number of rotatable bonds is 4. The zero-order valence-electron chi connectivity index (χ0n) is 11.7. The monoisotopic (exact) mass is 280 g/mol. The summed E-state index contributed by atoms with van der Waals surface area (Å²) in [5.41, 5.74) is 3.12. The van der Waals surface area contributed by atoms with Crippen LogP contribution in [0.5, 0.6) is 0 Å².